The highest BCUT2D eigenvalue weighted by Crippen LogP contribution is 2.36. The zero-order chi connectivity index (χ0) is 26.6. The first kappa shape index (κ1) is 25.5. The largest absolute Gasteiger partial charge is 0.359 e. The molecule has 0 aliphatic heterocycles. The predicted octanol–water partition coefficient (Wildman–Crippen LogP) is 8.91. The number of rotatable bonds is 10. The number of hydrogen-bond donors (Lipinski definition) is 3. The van der Waals surface area contributed by atoms with Gasteiger partial charge in [-0.25, -0.2) is 0 Å². The summed E-state index contributed by atoms with van der Waals surface area (Å²) in [6, 6.07) is 14.9. The van der Waals surface area contributed by atoms with E-state index in [1.165, 1.54) is 9.75 Å². The number of aromatic nitrogens is 4. The fourth-order valence-corrected chi connectivity index (χ4v) is 5.52. The molecule has 38 heavy (non-hydrogen) atoms. The first-order valence-electron chi connectivity index (χ1n) is 13.0. The number of aryl methyl sites for hydroxylation is 1. The van der Waals surface area contributed by atoms with Gasteiger partial charge in [-0.15, -0.1) is 11.3 Å². The molecule has 0 spiro atoms. The van der Waals surface area contributed by atoms with Gasteiger partial charge in [-0.2, -0.15) is 5.10 Å². The topological polar surface area (TPSA) is 69.4 Å². The standard InChI is InChI=1S/C32H33N5S/c1-6-9-10-20(4)34-24(8-3)17-22(7-2)23-12-13-28-25(18-23)31(37-36-28)29-19-26-27(35-29)15-16-33-32(26)30-14-11-21(5)38-30/h7-8,11-19,34-35H,3-4,6,9-10H2,1-2,5H3,(H,36,37)/b22-7+,24-17+. The summed E-state index contributed by atoms with van der Waals surface area (Å²) in [7, 11) is 0. The fourth-order valence-electron chi connectivity index (χ4n) is 4.64. The van der Waals surface area contributed by atoms with Crippen LogP contribution in [-0.4, -0.2) is 20.2 Å². The lowest BCUT2D eigenvalue weighted by molar-refractivity contribution is 0.751. The molecule has 0 aliphatic carbocycles. The maximum atomic E-state index is 4.70. The Hall–Kier alpha value is -4.16. The minimum Gasteiger partial charge on any atom is -0.359 e. The van der Waals surface area contributed by atoms with Gasteiger partial charge in [0.1, 0.15) is 5.69 Å². The summed E-state index contributed by atoms with van der Waals surface area (Å²) >= 11 is 1.76. The summed E-state index contributed by atoms with van der Waals surface area (Å²) in [6.07, 6.45) is 11.1. The van der Waals surface area contributed by atoms with E-state index in [4.69, 9.17) is 4.98 Å². The van der Waals surface area contributed by atoms with Gasteiger partial charge in [0.05, 0.1) is 21.8 Å². The highest BCUT2D eigenvalue weighted by atomic mass is 32.1. The molecule has 6 heteroatoms. The lowest BCUT2D eigenvalue weighted by atomic mass is 10.0. The molecule has 0 aliphatic rings. The van der Waals surface area contributed by atoms with Crippen LogP contribution in [0, 0.1) is 6.92 Å². The van der Waals surface area contributed by atoms with Crippen molar-refractivity contribution < 1.29 is 0 Å². The smallest absolute Gasteiger partial charge is 0.116 e. The number of unbranched alkanes of at least 4 members (excludes halogenated alkanes) is 1. The Labute approximate surface area is 227 Å². The molecule has 3 N–H and O–H groups in total. The summed E-state index contributed by atoms with van der Waals surface area (Å²) in [5.41, 5.74) is 9.03. The molecular weight excluding hydrogens is 486 g/mol. The molecule has 0 atom stereocenters. The maximum Gasteiger partial charge on any atom is 0.116 e. The molecule has 1 aromatic carbocycles. The Morgan fingerprint density at radius 3 is 2.66 bits per heavy atom. The molecule has 0 bridgehead atoms. The number of H-pyrrole nitrogens is 2. The van der Waals surface area contributed by atoms with Crippen LogP contribution in [0.4, 0.5) is 0 Å². The van der Waals surface area contributed by atoms with E-state index in [-0.39, 0.29) is 0 Å². The summed E-state index contributed by atoms with van der Waals surface area (Å²) in [5.74, 6) is 0. The molecule has 0 saturated heterocycles. The SMILES string of the molecule is C=C/C(=C\C(=C/C)c1ccc2[nH]nc(-c3cc4c(-c5ccc(C)s5)nccc4[nH]3)c2c1)NC(=C)CCCC. The summed E-state index contributed by atoms with van der Waals surface area (Å²) in [4.78, 5) is 10.7. The van der Waals surface area contributed by atoms with E-state index in [0.717, 1.165) is 80.7 Å². The van der Waals surface area contributed by atoms with E-state index in [1.54, 1.807) is 11.3 Å². The third-order valence-corrected chi connectivity index (χ3v) is 7.68. The molecule has 0 unspecified atom stereocenters. The number of allylic oxidation sites excluding steroid dienone is 5. The van der Waals surface area contributed by atoms with Gasteiger partial charge in [0.2, 0.25) is 0 Å². The van der Waals surface area contributed by atoms with Crippen LogP contribution < -0.4 is 5.32 Å². The second-order valence-corrected chi connectivity index (χ2v) is 10.7. The molecule has 0 amide bonds. The van der Waals surface area contributed by atoms with Gasteiger partial charge in [0, 0.05) is 38.8 Å². The van der Waals surface area contributed by atoms with Crippen LogP contribution in [0.5, 0.6) is 0 Å². The monoisotopic (exact) mass is 519 g/mol. The van der Waals surface area contributed by atoms with Crippen molar-refractivity contribution in [1.29, 1.82) is 0 Å². The van der Waals surface area contributed by atoms with Crippen molar-refractivity contribution in [1.82, 2.24) is 25.5 Å². The summed E-state index contributed by atoms with van der Waals surface area (Å²) in [6.45, 7) is 14.5. The summed E-state index contributed by atoms with van der Waals surface area (Å²) in [5, 5.41) is 13.5. The Kier molecular flexibility index (Phi) is 7.43. The van der Waals surface area contributed by atoms with Crippen molar-refractivity contribution in [2.45, 2.75) is 40.0 Å². The van der Waals surface area contributed by atoms with Crippen LogP contribution in [0.2, 0.25) is 0 Å². The highest BCUT2D eigenvalue weighted by Gasteiger charge is 2.15. The van der Waals surface area contributed by atoms with E-state index >= 15 is 0 Å². The highest BCUT2D eigenvalue weighted by molar-refractivity contribution is 7.15. The van der Waals surface area contributed by atoms with Crippen LogP contribution >= 0.6 is 11.3 Å². The number of aromatic amines is 2. The molecule has 4 aromatic heterocycles. The minimum absolute atomic E-state index is 0.890. The molecule has 5 aromatic rings. The number of benzene rings is 1. The average molecular weight is 520 g/mol. The van der Waals surface area contributed by atoms with Gasteiger partial charge in [-0.05, 0) is 86.4 Å². The van der Waals surface area contributed by atoms with Gasteiger partial charge >= 0.3 is 0 Å². The van der Waals surface area contributed by atoms with Gasteiger partial charge < -0.3 is 10.3 Å². The van der Waals surface area contributed by atoms with Gasteiger partial charge in [0.25, 0.3) is 0 Å². The number of thiophene rings is 1. The molecule has 0 radical (unpaired) electrons. The Morgan fingerprint density at radius 1 is 1.08 bits per heavy atom. The van der Waals surface area contributed by atoms with E-state index in [0.29, 0.717) is 0 Å². The third kappa shape index (κ3) is 5.13. The molecular formula is C32H33N5S. The second kappa shape index (κ2) is 11.1. The maximum absolute atomic E-state index is 4.70. The van der Waals surface area contributed by atoms with Crippen LogP contribution in [0.15, 0.2) is 91.4 Å². The normalized spacial score (nSPS) is 12.4. The molecule has 0 saturated carbocycles. The molecule has 4 heterocycles. The predicted molar refractivity (Wildman–Crippen MR) is 163 cm³/mol. The van der Waals surface area contributed by atoms with Crippen molar-refractivity contribution >= 4 is 38.7 Å². The number of nitrogens with one attached hydrogen (secondary N) is 3. The van der Waals surface area contributed by atoms with E-state index in [1.807, 2.05) is 18.3 Å². The average Bonchev–Trinajstić information content (AvgIpc) is 3.66. The van der Waals surface area contributed by atoms with Crippen LogP contribution in [0.1, 0.15) is 43.6 Å². The molecule has 5 rings (SSSR count). The second-order valence-electron chi connectivity index (χ2n) is 9.43. The zero-order valence-electron chi connectivity index (χ0n) is 22.2. The van der Waals surface area contributed by atoms with Gasteiger partial charge in [0.15, 0.2) is 0 Å². The number of pyridine rings is 1. The van der Waals surface area contributed by atoms with Crippen LogP contribution in [0.25, 0.3) is 49.3 Å². The van der Waals surface area contributed by atoms with Crippen molar-refractivity contribution in [3.05, 3.63) is 102 Å². The first-order valence-corrected chi connectivity index (χ1v) is 13.8. The van der Waals surface area contributed by atoms with E-state index < -0.39 is 0 Å². The Bertz CT molecular complexity index is 1690. The molecule has 0 fully saturated rings. The van der Waals surface area contributed by atoms with Crippen LogP contribution in [0.3, 0.4) is 0 Å². The molecule has 192 valence electrons. The van der Waals surface area contributed by atoms with Gasteiger partial charge in [-0.1, -0.05) is 38.6 Å². The Balaban J connectivity index is 1.51. The zero-order valence-corrected chi connectivity index (χ0v) is 23.0. The lowest BCUT2D eigenvalue weighted by Crippen LogP contribution is -2.10. The van der Waals surface area contributed by atoms with Crippen LogP contribution in [-0.2, 0) is 0 Å². The number of nitrogens with zero attached hydrogens (tertiary/aromatic N) is 2. The van der Waals surface area contributed by atoms with Crippen molar-refractivity contribution in [3.63, 3.8) is 0 Å². The van der Waals surface area contributed by atoms with Crippen molar-refractivity contribution in [3.8, 4) is 22.0 Å². The lowest BCUT2D eigenvalue weighted by Gasteiger charge is -2.11. The summed E-state index contributed by atoms with van der Waals surface area (Å²) < 4.78 is 0. The first-order chi connectivity index (χ1) is 18.5. The van der Waals surface area contributed by atoms with Crippen molar-refractivity contribution in [2.75, 3.05) is 0 Å². The third-order valence-electron chi connectivity index (χ3n) is 6.67. The van der Waals surface area contributed by atoms with E-state index in [2.05, 4.69) is 103 Å². The number of hydrogen-bond acceptors (Lipinski definition) is 4. The van der Waals surface area contributed by atoms with E-state index in [9.17, 15) is 0 Å². The van der Waals surface area contributed by atoms with Crippen molar-refractivity contribution in [2.24, 2.45) is 0 Å². The van der Waals surface area contributed by atoms with Gasteiger partial charge in [-0.3, -0.25) is 10.1 Å². The fraction of sp³-hybridized carbons (Fsp3) is 0.188. The minimum atomic E-state index is 0.890. The number of fused-ring (bicyclic) bond motifs is 2. The quantitative estimate of drug-likeness (QED) is 0.161. The Morgan fingerprint density at radius 2 is 1.92 bits per heavy atom. The molecule has 5 nitrogen and oxygen atoms in total.